The van der Waals surface area contributed by atoms with E-state index in [1.165, 1.54) is 308 Å². The van der Waals surface area contributed by atoms with Gasteiger partial charge in [0.25, 0.3) is 0 Å². The number of hydrogen-bond donors (Lipinski definition) is 4. The Hall–Kier alpha value is -0.200. The first kappa shape index (κ1) is 82.8. The number of ether oxygens (including phenoxy) is 1. The summed E-state index contributed by atoms with van der Waals surface area (Å²) in [5.74, 6) is 0. The molecule has 500 valence electrons. The van der Waals surface area contributed by atoms with Crippen LogP contribution < -0.4 is 0 Å². The molecule has 5 nitrogen and oxygen atoms in total. The van der Waals surface area contributed by atoms with Crippen LogP contribution in [-0.2, 0) is 4.74 Å². The fourth-order valence-electron chi connectivity index (χ4n) is 14.3. The van der Waals surface area contributed by atoms with Crippen LogP contribution >= 0.6 is 0 Å². The second kappa shape index (κ2) is 62.0. The van der Waals surface area contributed by atoms with Crippen molar-refractivity contribution in [2.24, 2.45) is 0 Å². The van der Waals surface area contributed by atoms with E-state index in [-0.39, 0.29) is 13.2 Å². The molecule has 83 heavy (non-hydrogen) atoms. The molecule has 0 radical (unpaired) electrons. The van der Waals surface area contributed by atoms with Gasteiger partial charge in [-0.15, -0.1) is 0 Å². The van der Waals surface area contributed by atoms with E-state index in [4.69, 9.17) is 4.74 Å². The van der Waals surface area contributed by atoms with Gasteiger partial charge in [-0.1, -0.05) is 427 Å². The molecule has 5 heteroatoms. The number of aliphatic hydroxyl groups excluding tert-OH is 2. The molecule has 0 saturated heterocycles. The molecule has 0 aliphatic carbocycles. The standard InChI is InChI=1S/C78H158O5/c1-7-13-19-25-31-37-43-49-55-61-67-75(81,73-79)77(69-63-57-51-45-39-33-27-21-15-9-3,70-64-58-52-46-40-34-28-22-16-10-4)83-78(71-65-59-53-47-41-35-29-23-17-11-5,72-66-60-54-48-42-36-30-24-18-12-6)76(82,74-80)68-62-56-50-44-38-32-26-20-14-8-2/h79-82H,7-74H2,1-6H3. The van der Waals surface area contributed by atoms with Crippen molar-refractivity contribution in [3.05, 3.63) is 0 Å². The average Bonchev–Trinajstić information content (AvgIpc) is 2.27. The summed E-state index contributed by atoms with van der Waals surface area (Å²) in [5.41, 5.74) is -4.95. The Labute approximate surface area is 523 Å². The molecule has 0 amide bonds. The maximum absolute atomic E-state index is 13.8. The Kier molecular flexibility index (Phi) is 61.9. The smallest absolute Gasteiger partial charge is 0.116 e. The number of aliphatic hydroxyl groups is 4. The second-order valence-electron chi connectivity index (χ2n) is 28.1. The minimum absolute atomic E-state index is 0.317. The van der Waals surface area contributed by atoms with Gasteiger partial charge >= 0.3 is 0 Å². The molecule has 2 atom stereocenters. The van der Waals surface area contributed by atoms with E-state index in [2.05, 4.69) is 41.5 Å². The Balaban J connectivity index is 7.50. The van der Waals surface area contributed by atoms with E-state index in [1.807, 2.05) is 0 Å². The van der Waals surface area contributed by atoms with E-state index in [9.17, 15) is 20.4 Å². The molecule has 0 fully saturated rings. The summed E-state index contributed by atoms with van der Waals surface area (Å²) in [7, 11) is 0. The predicted octanol–water partition coefficient (Wildman–Crippen LogP) is 25.8. The van der Waals surface area contributed by atoms with Crippen molar-refractivity contribution < 1.29 is 25.2 Å². The van der Waals surface area contributed by atoms with Gasteiger partial charge < -0.3 is 25.2 Å². The van der Waals surface area contributed by atoms with Crippen LogP contribution in [-0.4, -0.2) is 56.0 Å². The van der Waals surface area contributed by atoms with Gasteiger partial charge in [0.1, 0.15) is 11.2 Å². The topological polar surface area (TPSA) is 90.2 Å². The first-order chi connectivity index (χ1) is 40.7. The summed E-state index contributed by atoms with van der Waals surface area (Å²) < 4.78 is 8.33. The van der Waals surface area contributed by atoms with Crippen LogP contribution in [0, 0.1) is 0 Å². The van der Waals surface area contributed by atoms with Gasteiger partial charge in [-0.05, 0) is 38.5 Å². The van der Waals surface area contributed by atoms with Crippen molar-refractivity contribution in [3.63, 3.8) is 0 Å². The maximum atomic E-state index is 13.8. The van der Waals surface area contributed by atoms with Crippen molar-refractivity contribution in [1.29, 1.82) is 0 Å². The summed E-state index contributed by atoms with van der Waals surface area (Å²) in [6.07, 6.45) is 78.3. The fraction of sp³-hybridized carbons (Fsp3) is 1.00. The van der Waals surface area contributed by atoms with Crippen LogP contribution in [0.1, 0.15) is 465 Å². The molecule has 0 saturated carbocycles. The zero-order chi connectivity index (χ0) is 60.8. The summed E-state index contributed by atoms with van der Waals surface area (Å²) in [6, 6.07) is 0. The highest BCUT2D eigenvalue weighted by Gasteiger charge is 2.59. The quantitative estimate of drug-likeness (QED) is 0.0456. The average molecular weight is 1180 g/mol. The Bertz CT molecular complexity index is 1100. The normalized spacial score (nSPS) is 13.8. The largest absolute Gasteiger partial charge is 0.393 e. The Morgan fingerprint density at radius 1 is 0.181 bits per heavy atom. The van der Waals surface area contributed by atoms with E-state index in [1.54, 1.807) is 0 Å². The monoisotopic (exact) mass is 1180 g/mol. The molecular formula is C78H158O5. The van der Waals surface area contributed by atoms with Crippen LogP contribution in [0.5, 0.6) is 0 Å². The maximum Gasteiger partial charge on any atom is 0.116 e. The zero-order valence-electron chi connectivity index (χ0n) is 58.3. The number of unbranched alkanes of at least 4 members (excludes halogenated alkanes) is 54. The van der Waals surface area contributed by atoms with Crippen molar-refractivity contribution >= 4 is 0 Å². The van der Waals surface area contributed by atoms with Gasteiger partial charge in [0.15, 0.2) is 0 Å². The Morgan fingerprint density at radius 2 is 0.301 bits per heavy atom. The van der Waals surface area contributed by atoms with Crippen molar-refractivity contribution in [2.45, 2.75) is 488 Å². The molecule has 0 aromatic carbocycles. The van der Waals surface area contributed by atoms with Crippen LogP contribution in [0.15, 0.2) is 0 Å². The predicted molar refractivity (Wildman–Crippen MR) is 369 cm³/mol. The van der Waals surface area contributed by atoms with E-state index in [0.717, 1.165) is 77.0 Å². The minimum atomic E-state index is -1.44. The third-order valence-corrected chi connectivity index (χ3v) is 20.2. The molecule has 0 aliphatic heterocycles. The van der Waals surface area contributed by atoms with Gasteiger partial charge in [0, 0.05) is 0 Å². The Morgan fingerprint density at radius 3 is 0.434 bits per heavy atom. The lowest BCUT2D eigenvalue weighted by Gasteiger charge is -2.56. The summed E-state index contributed by atoms with van der Waals surface area (Å²) in [6.45, 7) is 13.2. The molecule has 0 bridgehead atoms. The first-order valence-electron chi connectivity index (χ1n) is 39.1. The second-order valence-corrected chi connectivity index (χ2v) is 28.1. The number of hydrogen-bond acceptors (Lipinski definition) is 5. The van der Waals surface area contributed by atoms with Gasteiger partial charge in [-0.3, -0.25) is 0 Å². The molecule has 0 aliphatic rings. The lowest BCUT2D eigenvalue weighted by Crippen LogP contribution is -2.67. The summed E-state index contributed by atoms with van der Waals surface area (Å²) in [4.78, 5) is 0. The molecule has 0 aromatic rings. The SMILES string of the molecule is CCCCCCCCCCCCC(O)(CO)C(CCCCCCCCCCCC)(CCCCCCCCCCCC)OC(CCCCCCCCCCCC)(CCCCCCCCCCCC)C(O)(CO)CCCCCCCCCCCC. The summed E-state index contributed by atoms with van der Waals surface area (Å²) in [5, 5.41) is 51.6. The molecule has 0 heterocycles. The molecule has 0 aromatic heterocycles. The third kappa shape index (κ3) is 44.8. The minimum Gasteiger partial charge on any atom is -0.393 e. The first-order valence-corrected chi connectivity index (χ1v) is 39.1. The van der Waals surface area contributed by atoms with Crippen LogP contribution in [0.4, 0.5) is 0 Å². The molecule has 4 N–H and O–H groups in total. The lowest BCUT2D eigenvalue weighted by atomic mass is 9.68. The van der Waals surface area contributed by atoms with Gasteiger partial charge in [-0.2, -0.15) is 0 Å². The van der Waals surface area contributed by atoms with Crippen molar-refractivity contribution in [1.82, 2.24) is 0 Å². The zero-order valence-corrected chi connectivity index (χ0v) is 58.3. The van der Waals surface area contributed by atoms with Crippen LogP contribution in [0.3, 0.4) is 0 Å². The summed E-state index contributed by atoms with van der Waals surface area (Å²) >= 11 is 0. The van der Waals surface area contributed by atoms with Crippen molar-refractivity contribution in [2.75, 3.05) is 13.2 Å². The van der Waals surface area contributed by atoms with Crippen LogP contribution in [0.25, 0.3) is 0 Å². The van der Waals surface area contributed by atoms with Gasteiger partial charge in [0.05, 0.1) is 24.4 Å². The molecule has 2 unspecified atom stereocenters. The van der Waals surface area contributed by atoms with Gasteiger partial charge in [0.2, 0.25) is 0 Å². The third-order valence-electron chi connectivity index (χ3n) is 20.2. The lowest BCUT2D eigenvalue weighted by molar-refractivity contribution is -0.310. The van der Waals surface area contributed by atoms with E-state index in [0.29, 0.717) is 38.5 Å². The molecule has 0 spiro atoms. The highest BCUT2D eigenvalue weighted by atomic mass is 16.6. The fourth-order valence-corrected chi connectivity index (χ4v) is 14.3. The van der Waals surface area contributed by atoms with Crippen LogP contribution in [0.2, 0.25) is 0 Å². The molecule has 0 rings (SSSR count). The van der Waals surface area contributed by atoms with Crippen molar-refractivity contribution in [3.8, 4) is 0 Å². The van der Waals surface area contributed by atoms with Gasteiger partial charge in [-0.25, -0.2) is 0 Å². The molecular weight excluding hydrogens is 1020 g/mol. The highest BCUT2D eigenvalue weighted by molar-refractivity contribution is 5.09. The number of rotatable bonds is 72. The van der Waals surface area contributed by atoms with E-state index >= 15 is 0 Å². The van der Waals surface area contributed by atoms with E-state index < -0.39 is 22.4 Å². The highest BCUT2D eigenvalue weighted by Crippen LogP contribution is 2.50.